The topological polar surface area (TPSA) is 96.2 Å². The standard InChI is InChI=1S/C28H40N4O4S/c1-7-31(8-2)37(34,35)23-14-13-22(36-6)25-24(23)28(19-32(25)21-12-10-9-11-20(21)29)15-17-30(18-16-28)26(33)27(3,4)5/h9-14H,7-8,15-19,29H2,1-6H3. The quantitative estimate of drug-likeness (QED) is 0.560. The molecule has 2 heterocycles. The highest BCUT2D eigenvalue weighted by Crippen LogP contribution is 2.56. The molecule has 4 rings (SSSR count). The van der Waals surface area contributed by atoms with Gasteiger partial charge in [0.1, 0.15) is 5.75 Å². The fraction of sp³-hybridized carbons (Fsp3) is 0.536. The van der Waals surface area contributed by atoms with Gasteiger partial charge in [-0.3, -0.25) is 4.79 Å². The maximum atomic E-state index is 14.0. The molecular formula is C28H40N4O4S. The van der Waals surface area contributed by atoms with E-state index in [2.05, 4.69) is 4.90 Å². The summed E-state index contributed by atoms with van der Waals surface area (Å²) in [5.41, 5.74) is 8.46. The highest BCUT2D eigenvalue weighted by atomic mass is 32.2. The first-order chi connectivity index (χ1) is 17.4. The molecule has 1 amide bonds. The van der Waals surface area contributed by atoms with Crippen molar-refractivity contribution in [3.8, 4) is 5.75 Å². The van der Waals surface area contributed by atoms with Gasteiger partial charge in [-0.25, -0.2) is 8.42 Å². The Morgan fingerprint density at radius 3 is 2.24 bits per heavy atom. The minimum absolute atomic E-state index is 0.117. The van der Waals surface area contributed by atoms with Crippen molar-refractivity contribution in [3.63, 3.8) is 0 Å². The van der Waals surface area contributed by atoms with Crippen molar-refractivity contribution >= 4 is 33.0 Å². The van der Waals surface area contributed by atoms with Crippen LogP contribution in [0.1, 0.15) is 53.0 Å². The second-order valence-corrected chi connectivity index (χ2v) is 13.0. The number of carbonyl (C=O) groups excluding carboxylic acids is 1. The van der Waals surface area contributed by atoms with Crippen molar-refractivity contribution in [1.82, 2.24) is 9.21 Å². The molecule has 2 aromatic carbocycles. The van der Waals surface area contributed by atoms with E-state index < -0.39 is 20.9 Å². The van der Waals surface area contributed by atoms with Crippen LogP contribution in [0.5, 0.6) is 5.75 Å². The molecule has 0 unspecified atom stereocenters. The van der Waals surface area contributed by atoms with Crippen LogP contribution < -0.4 is 15.4 Å². The predicted octanol–water partition coefficient (Wildman–Crippen LogP) is 4.37. The van der Waals surface area contributed by atoms with Crippen LogP contribution in [0.3, 0.4) is 0 Å². The van der Waals surface area contributed by atoms with E-state index >= 15 is 0 Å². The fourth-order valence-corrected chi connectivity index (χ4v) is 7.61. The molecule has 0 aliphatic carbocycles. The summed E-state index contributed by atoms with van der Waals surface area (Å²) >= 11 is 0. The number of carbonyl (C=O) groups is 1. The Morgan fingerprint density at radius 1 is 1.08 bits per heavy atom. The van der Waals surface area contributed by atoms with Gasteiger partial charge in [-0.15, -0.1) is 0 Å². The fourth-order valence-electron chi connectivity index (χ4n) is 5.84. The summed E-state index contributed by atoms with van der Waals surface area (Å²) in [6.07, 6.45) is 1.30. The van der Waals surface area contributed by atoms with Crippen molar-refractivity contribution in [2.75, 3.05) is 50.5 Å². The third kappa shape index (κ3) is 4.56. The number of piperidine rings is 1. The first-order valence-corrected chi connectivity index (χ1v) is 14.5. The van der Waals surface area contributed by atoms with Gasteiger partial charge in [0.2, 0.25) is 15.9 Å². The number of nitrogen functional groups attached to an aromatic ring is 1. The zero-order valence-electron chi connectivity index (χ0n) is 22.9. The summed E-state index contributed by atoms with van der Waals surface area (Å²) in [5.74, 6) is 0.730. The zero-order valence-corrected chi connectivity index (χ0v) is 23.7. The number of benzene rings is 2. The van der Waals surface area contributed by atoms with E-state index in [0.29, 0.717) is 61.9 Å². The number of methoxy groups -OCH3 is 1. The van der Waals surface area contributed by atoms with Gasteiger partial charge in [0.25, 0.3) is 0 Å². The lowest BCUT2D eigenvalue weighted by molar-refractivity contribution is -0.141. The summed E-state index contributed by atoms with van der Waals surface area (Å²) < 4.78 is 35.3. The average Bonchev–Trinajstić information content (AvgIpc) is 3.18. The monoisotopic (exact) mass is 528 g/mol. The maximum absolute atomic E-state index is 14.0. The van der Waals surface area contributed by atoms with Crippen LogP contribution in [0.25, 0.3) is 0 Å². The molecule has 9 heteroatoms. The van der Waals surface area contributed by atoms with Crippen LogP contribution in [0.15, 0.2) is 41.3 Å². The predicted molar refractivity (Wildman–Crippen MR) is 148 cm³/mol. The van der Waals surface area contributed by atoms with Gasteiger partial charge in [0.05, 0.1) is 29.1 Å². The second kappa shape index (κ2) is 9.83. The molecule has 0 bridgehead atoms. The number of hydrogen-bond donors (Lipinski definition) is 1. The molecule has 1 saturated heterocycles. The molecule has 2 aliphatic heterocycles. The number of likely N-dealkylation sites (tertiary alicyclic amines) is 1. The van der Waals surface area contributed by atoms with Gasteiger partial charge in [-0.05, 0) is 37.1 Å². The van der Waals surface area contributed by atoms with Crippen molar-refractivity contribution in [2.45, 2.75) is 57.8 Å². The first-order valence-electron chi connectivity index (χ1n) is 13.0. The minimum Gasteiger partial charge on any atom is -0.495 e. The van der Waals surface area contributed by atoms with Crippen molar-refractivity contribution in [3.05, 3.63) is 42.0 Å². The van der Waals surface area contributed by atoms with Gasteiger partial charge in [0, 0.05) is 49.1 Å². The minimum atomic E-state index is -3.76. The maximum Gasteiger partial charge on any atom is 0.243 e. The smallest absolute Gasteiger partial charge is 0.243 e. The van der Waals surface area contributed by atoms with Crippen molar-refractivity contribution in [2.24, 2.45) is 5.41 Å². The van der Waals surface area contributed by atoms with Gasteiger partial charge in [-0.1, -0.05) is 46.8 Å². The molecule has 202 valence electrons. The number of ether oxygens (including phenoxy) is 1. The van der Waals surface area contributed by atoms with Crippen LogP contribution in [0.4, 0.5) is 17.1 Å². The van der Waals surface area contributed by atoms with Crippen molar-refractivity contribution in [1.29, 1.82) is 0 Å². The summed E-state index contributed by atoms with van der Waals surface area (Å²) in [7, 11) is -2.15. The van der Waals surface area contributed by atoms with E-state index in [4.69, 9.17) is 10.5 Å². The lowest BCUT2D eigenvalue weighted by atomic mass is 9.73. The lowest BCUT2D eigenvalue weighted by Gasteiger charge is -2.42. The Balaban J connectivity index is 1.92. The Bertz CT molecular complexity index is 1270. The molecule has 8 nitrogen and oxygen atoms in total. The van der Waals surface area contributed by atoms with E-state index in [1.54, 1.807) is 19.2 Å². The molecule has 0 saturated carbocycles. The molecule has 2 aliphatic rings. The SMILES string of the molecule is CCN(CC)S(=O)(=O)c1ccc(OC)c2c1C1(CCN(C(=O)C(C)(C)C)CC1)CN2c1ccccc1N. The van der Waals surface area contributed by atoms with E-state index in [-0.39, 0.29) is 5.91 Å². The molecule has 0 aromatic heterocycles. The molecule has 2 N–H and O–H groups in total. The molecule has 37 heavy (non-hydrogen) atoms. The normalized spacial score (nSPS) is 17.4. The van der Waals surface area contributed by atoms with Gasteiger partial charge < -0.3 is 20.3 Å². The van der Waals surface area contributed by atoms with Crippen LogP contribution in [-0.2, 0) is 20.2 Å². The van der Waals surface area contributed by atoms with Gasteiger partial charge >= 0.3 is 0 Å². The highest BCUT2D eigenvalue weighted by Gasteiger charge is 2.51. The number of fused-ring (bicyclic) bond motifs is 2. The Kier molecular flexibility index (Phi) is 7.25. The van der Waals surface area contributed by atoms with Gasteiger partial charge in [-0.2, -0.15) is 4.31 Å². The number of rotatable bonds is 6. The number of sulfonamides is 1. The van der Waals surface area contributed by atoms with Crippen LogP contribution >= 0.6 is 0 Å². The summed E-state index contributed by atoms with van der Waals surface area (Å²) in [6.45, 7) is 12.0. The molecule has 0 atom stereocenters. The Morgan fingerprint density at radius 2 is 1.70 bits per heavy atom. The largest absolute Gasteiger partial charge is 0.495 e. The second-order valence-electron chi connectivity index (χ2n) is 11.0. The molecule has 1 fully saturated rings. The summed E-state index contributed by atoms with van der Waals surface area (Å²) in [5, 5.41) is 0. The number of hydrogen-bond acceptors (Lipinski definition) is 6. The third-order valence-electron chi connectivity index (χ3n) is 7.78. The first kappa shape index (κ1) is 27.3. The van der Waals surface area contributed by atoms with E-state index in [0.717, 1.165) is 16.9 Å². The lowest BCUT2D eigenvalue weighted by Crippen LogP contribution is -2.50. The third-order valence-corrected chi connectivity index (χ3v) is 9.88. The summed E-state index contributed by atoms with van der Waals surface area (Å²) in [4.78, 5) is 17.4. The molecule has 0 radical (unpaired) electrons. The molecule has 1 spiro atoms. The Labute approximate surface area is 221 Å². The molecular weight excluding hydrogens is 488 g/mol. The number of anilines is 3. The van der Waals surface area contributed by atoms with E-state index in [1.165, 1.54) is 4.31 Å². The average molecular weight is 529 g/mol. The highest BCUT2D eigenvalue weighted by molar-refractivity contribution is 7.89. The van der Waals surface area contributed by atoms with Crippen LogP contribution in [0, 0.1) is 5.41 Å². The van der Waals surface area contributed by atoms with Gasteiger partial charge in [0.15, 0.2) is 0 Å². The summed E-state index contributed by atoms with van der Waals surface area (Å²) in [6, 6.07) is 11.1. The van der Waals surface area contributed by atoms with E-state index in [1.807, 2.05) is 63.8 Å². The van der Waals surface area contributed by atoms with Crippen molar-refractivity contribution < 1.29 is 17.9 Å². The van der Waals surface area contributed by atoms with E-state index in [9.17, 15) is 13.2 Å². The van der Waals surface area contributed by atoms with Crippen LogP contribution in [0.2, 0.25) is 0 Å². The van der Waals surface area contributed by atoms with Crippen LogP contribution in [-0.4, -0.2) is 63.4 Å². The number of nitrogens with zero attached hydrogens (tertiary/aromatic N) is 3. The number of amides is 1. The number of nitrogens with two attached hydrogens (primary N) is 1. The number of para-hydroxylation sites is 2. The Hall–Kier alpha value is -2.78. The zero-order chi connectivity index (χ0) is 27.2. The molecule has 2 aromatic rings.